The third kappa shape index (κ3) is 4.84. The van der Waals surface area contributed by atoms with Gasteiger partial charge >= 0.3 is 6.18 Å². The quantitative estimate of drug-likeness (QED) is 0.848. The van der Waals surface area contributed by atoms with Gasteiger partial charge in [0.1, 0.15) is 12.7 Å². The summed E-state index contributed by atoms with van der Waals surface area (Å²) < 4.78 is 50.9. The van der Waals surface area contributed by atoms with Crippen molar-refractivity contribution in [1.82, 2.24) is 0 Å². The van der Waals surface area contributed by atoms with Crippen molar-refractivity contribution in [3.05, 3.63) is 22.2 Å². The molecule has 1 aromatic carbocycles. The van der Waals surface area contributed by atoms with Crippen LogP contribution in [0.15, 0.2) is 16.6 Å². The van der Waals surface area contributed by atoms with Crippen LogP contribution in [0.2, 0.25) is 0 Å². The van der Waals surface area contributed by atoms with Gasteiger partial charge in [0.25, 0.3) is 0 Å². The SMILES string of the molecule is COc1cc(Br)c(C(O)COCC(F)(F)F)cc1OC. The minimum atomic E-state index is -4.42. The van der Waals surface area contributed by atoms with Gasteiger partial charge in [-0.25, -0.2) is 0 Å². The molecule has 1 N–H and O–H groups in total. The zero-order valence-corrected chi connectivity index (χ0v) is 12.4. The van der Waals surface area contributed by atoms with Gasteiger partial charge in [0.2, 0.25) is 0 Å². The second-order valence-corrected chi connectivity index (χ2v) is 4.73. The molecule has 0 fully saturated rings. The fourth-order valence-electron chi connectivity index (χ4n) is 1.50. The van der Waals surface area contributed by atoms with Crippen LogP contribution in [0, 0.1) is 0 Å². The second kappa shape index (κ2) is 7.14. The lowest BCUT2D eigenvalue weighted by atomic mass is 10.1. The van der Waals surface area contributed by atoms with Crippen LogP contribution in [0.5, 0.6) is 11.5 Å². The van der Waals surface area contributed by atoms with Crippen molar-refractivity contribution in [3.8, 4) is 11.5 Å². The van der Waals surface area contributed by atoms with Crippen molar-refractivity contribution in [2.24, 2.45) is 0 Å². The molecule has 0 saturated carbocycles. The molecule has 114 valence electrons. The van der Waals surface area contributed by atoms with Gasteiger partial charge in [-0.3, -0.25) is 0 Å². The summed E-state index contributed by atoms with van der Waals surface area (Å²) in [5, 5.41) is 9.86. The Morgan fingerprint density at radius 1 is 1.20 bits per heavy atom. The summed E-state index contributed by atoms with van der Waals surface area (Å²) in [5.41, 5.74) is 0.352. The minimum absolute atomic E-state index is 0.352. The highest BCUT2D eigenvalue weighted by Gasteiger charge is 2.28. The topological polar surface area (TPSA) is 47.9 Å². The Balaban J connectivity index is 2.79. The van der Waals surface area contributed by atoms with Crippen LogP contribution < -0.4 is 9.47 Å². The Hall–Kier alpha value is -0.990. The van der Waals surface area contributed by atoms with E-state index in [1.165, 1.54) is 20.3 Å². The molecule has 0 spiro atoms. The van der Waals surface area contributed by atoms with Gasteiger partial charge in [-0.05, 0) is 12.1 Å². The first-order valence-electron chi connectivity index (χ1n) is 5.52. The summed E-state index contributed by atoms with van der Waals surface area (Å²) in [6.07, 6.45) is -5.64. The van der Waals surface area contributed by atoms with Gasteiger partial charge in [0, 0.05) is 10.0 Å². The van der Waals surface area contributed by atoms with Crippen LogP contribution in [0.25, 0.3) is 0 Å². The van der Waals surface area contributed by atoms with Crippen LogP contribution in [0.1, 0.15) is 11.7 Å². The van der Waals surface area contributed by atoms with Crippen molar-refractivity contribution in [3.63, 3.8) is 0 Å². The van der Waals surface area contributed by atoms with Gasteiger partial charge in [0.15, 0.2) is 11.5 Å². The van der Waals surface area contributed by atoms with Gasteiger partial charge in [-0.15, -0.1) is 0 Å². The summed E-state index contributed by atoms with van der Waals surface area (Å²) in [7, 11) is 2.87. The van der Waals surface area contributed by atoms with E-state index in [1.807, 2.05) is 0 Å². The van der Waals surface area contributed by atoms with Crippen molar-refractivity contribution >= 4 is 15.9 Å². The highest BCUT2D eigenvalue weighted by atomic mass is 79.9. The van der Waals surface area contributed by atoms with Gasteiger partial charge in [-0.1, -0.05) is 15.9 Å². The standard InChI is InChI=1S/C12H14BrF3O4/c1-18-10-3-7(8(13)4-11(10)19-2)9(17)5-20-6-12(14,15)16/h3-4,9,17H,5-6H2,1-2H3. The third-order valence-corrected chi connectivity index (χ3v) is 3.09. The molecule has 20 heavy (non-hydrogen) atoms. The van der Waals surface area contributed by atoms with E-state index in [-0.39, 0.29) is 0 Å². The van der Waals surface area contributed by atoms with Crippen LogP contribution in [0.3, 0.4) is 0 Å². The molecular weight excluding hydrogens is 345 g/mol. The van der Waals surface area contributed by atoms with E-state index in [1.54, 1.807) is 6.07 Å². The number of halogens is 4. The summed E-state index contributed by atoms with van der Waals surface area (Å²) in [5.74, 6) is 0.798. The van der Waals surface area contributed by atoms with Crippen LogP contribution in [0.4, 0.5) is 13.2 Å². The lowest BCUT2D eigenvalue weighted by Gasteiger charge is -2.17. The first-order valence-corrected chi connectivity index (χ1v) is 6.31. The molecule has 1 atom stereocenters. The molecule has 4 nitrogen and oxygen atoms in total. The number of ether oxygens (including phenoxy) is 3. The molecule has 0 radical (unpaired) electrons. The van der Waals surface area contributed by atoms with E-state index < -0.39 is 25.5 Å². The molecule has 0 aliphatic carbocycles. The van der Waals surface area contributed by atoms with Crippen molar-refractivity contribution in [2.75, 3.05) is 27.4 Å². The van der Waals surface area contributed by atoms with Gasteiger partial charge < -0.3 is 19.3 Å². The monoisotopic (exact) mass is 358 g/mol. The zero-order valence-electron chi connectivity index (χ0n) is 10.8. The second-order valence-electron chi connectivity index (χ2n) is 3.87. The van der Waals surface area contributed by atoms with Gasteiger partial charge in [0.05, 0.1) is 20.8 Å². The molecule has 8 heteroatoms. The van der Waals surface area contributed by atoms with Crippen LogP contribution >= 0.6 is 15.9 Å². The highest BCUT2D eigenvalue weighted by Crippen LogP contribution is 2.36. The summed E-state index contributed by atoms with van der Waals surface area (Å²) in [4.78, 5) is 0. The number of aliphatic hydroxyl groups is 1. The Labute approximate surface area is 122 Å². The van der Waals surface area contributed by atoms with E-state index in [0.29, 0.717) is 21.5 Å². The molecule has 1 aromatic rings. The van der Waals surface area contributed by atoms with Crippen molar-refractivity contribution in [2.45, 2.75) is 12.3 Å². The van der Waals surface area contributed by atoms with E-state index >= 15 is 0 Å². The molecule has 0 aliphatic heterocycles. The number of aliphatic hydroxyl groups excluding tert-OH is 1. The number of benzene rings is 1. The molecule has 0 amide bonds. The zero-order chi connectivity index (χ0) is 15.3. The van der Waals surface area contributed by atoms with Crippen LogP contribution in [-0.2, 0) is 4.74 Å². The minimum Gasteiger partial charge on any atom is -0.493 e. The fourth-order valence-corrected chi connectivity index (χ4v) is 2.09. The number of hydrogen-bond donors (Lipinski definition) is 1. The molecular formula is C12H14BrF3O4. The van der Waals surface area contributed by atoms with Gasteiger partial charge in [-0.2, -0.15) is 13.2 Å². The number of hydrogen-bond acceptors (Lipinski definition) is 4. The molecule has 1 unspecified atom stereocenters. The molecule has 0 bridgehead atoms. The van der Waals surface area contributed by atoms with E-state index in [9.17, 15) is 18.3 Å². The van der Waals surface area contributed by atoms with Crippen LogP contribution in [-0.4, -0.2) is 38.7 Å². The van der Waals surface area contributed by atoms with E-state index in [2.05, 4.69) is 20.7 Å². The van der Waals surface area contributed by atoms with Crippen molar-refractivity contribution in [1.29, 1.82) is 0 Å². The Morgan fingerprint density at radius 2 is 1.75 bits per heavy atom. The first-order chi connectivity index (χ1) is 9.28. The molecule has 1 rings (SSSR count). The first kappa shape index (κ1) is 17.1. The molecule has 0 saturated heterocycles. The Morgan fingerprint density at radius 3 is 2.25 bits per heavy atom. The summed E-state index contributed by atoms with van der Waals surface area (Å²) >= 11 is 3.21. The molecule has 0 aliphatic rings. The fraction of sp³-hybridized carbons (Fsp3) is 0.500. The van der Waals surface area contributed by atoms with E-state index in [0.717, 1.165) is 0 Å². The maximum absolute atomic E-state index is 12.0. The Bertz CT molecular complexity index is 451. The average molecular weight is 359 g/mol. The maximum Gasteiger partial charge on any atom is 0.411 e. The Kier molecular flexibility index (Phi) is 6.09. The predicted molar refractivity (Wildman–Crippen MR) is 69.1 cm³/mol. The normalized spacial score (nSPS) is 13.2. The number of methoxy groups -OCH3 is 2. The number of rotatable bonds is 6. The predicted octanol–water partition coefficient (Wildman–Crippen LogP) is 3.08. The lowest BCUT2D eigenvalue weighted by Crippen LogP contribution is -2.19. The lowest BCUT2D eigenvalue weighted by molar-refractivity contribution is -0.179. The van der Waals surface area contributed by atoms with Crippen molar-refractivity contribution < 1.29 is 32.5 Å². The maximum atomic E-state index is 12.0. The largest absolute Gasteiger partial charge is 0.493 e. The molecule has 0 aromatic heterocycles. The average Bonchev–Trinajstić information content (AvgIpc) is 2.36. The number of alkyl halides is 3. The summed E-state index contributed by atoms with van der Waals surface area (Å²) in [6.45, 7) is -1.89. The van der Waals surface area contributed by atoms with E-state index in [4.69, 9.17) is 9.47 Å². The molecule has 0 heterocycles. The highest BCUT2D eigenvalue weighted by molar-refractivity contribution is 9.10. The summed E-state index contributed by atoms with van der Waals surface area (Å²) in [6, 6.07) is 3.03. The smallest absolute Gasteiger partial charge is 0.411 e. The third-order valence-electron chi connectivity index (χ3n) is 2.40.